The van der Waals surface area contributed by atoms with Gasteiger partial charge in [0, 0.05) is 0 Å². The Bertz CT molecular complexity index is 505. The van der Waals surface area contributed by atoms with E-state index in [0.717, 1.165) is 25.0 Å². The first-order chi connectivity index (χ1) is 9.83. The summed E-state index contributed by atoms with van der Waals surface area (Å²) in [6.07, 6.45) is 3.59. The summed E-state index contributed by atoms with van der Waals surface area (Å²) in [4.78, 5) is 0. The van der Waals surface area contributed by atoms with Crippen LogP contribution in [0.25, 0.3) is 0 Å². The second-order valence-corrected chi connectivity index (χ2v) is 6.82. The van der Waals surface area contributed by atoms with E-state index < -0.39 is 17.3 Å². The van der Waals surface area contributed by atoms with Gasteiger partial charge in [-0.2, -0.15) is 13.2 Å². The summed E-state index contributed by atoms with van der Waals surface area (Å²) in [6.45, 7) is 0. The van der Waals surface area contributed by atoms with E-state index in [0.29, 0.717) is 23.8 Å². The Balaban J connectivity index is 1.80. The van der Waals surface area contributed by atoms with Gasteiger partial charge in [-0.05, 0) is 61.6 Å². The molecule has 0 atom stereocenters. The molecule has 1 nitrogen and oxygen atoms in total. The minimum absolute atomic E-state index is 0.355. The van der Waals surface area contributed by atoms with Crippen LogP contribution in [0.15, 0.2) is 24.3 Å². The molecule has 2 fully saturated rings. The highest BCUT2D eigenvalue weighted by atomic mass is 19.4. The number of hydrogen-bond donors (Lipinski definition) is 1. The minimum atomic E-state index is -4.35. The molecule has 4 heteroatoms. The van der Waals surface area contributed by atoms with Gasteiger partial charge in [0.15, 0.2) is 0 Å². The van der Waals surface area contributed by atoms with Gasteiger partial charge in [0.25, 0.3) is 0 Å². The Morgan fingerprint density at radius 1 is 0.905 bits per heavy atom. The van der Waals surface area contributed by atoms with E-state index in [2.05, 4.69) is 0 Å². The molecular weight excluding hydrogens is 277 g/mol. The molecule has 1 spiro atoms. The molecule has 0 aliphatic heterocycles. The van der Waals surface area contributed by atoms with Crippen molar-refractivity contribution in [3.8, 4) is 0 Å². The Morgan fingerprint density at radius 3 is 2.10 bits per heavy atom. The zero-order chi connectivity index (χ0) is 15.1. The Morgan fingerprint density at radius 2 is 1.52 bits per heavy atom. The van der Waals surface area contributed by atoms with Gasteiger partial charge in [0.2, 0.25) is 0 Å². The van der Waals surface area contributed by atoms with Crippen molar-refractivity contribution in [2.24, 2.45) is 5.41 Å². The van der Waals surface area contributed by atoms with Crippen LogP contribution in [0.4, 0.5) is 13.2 Å². The lowest BCUT2D eigenvalue weighted by Crippen LogP contribution is -2.36. The summed E-state index contributed by atoms with van der Waals surface area (Å²) >= 11 is 0. The summed E-state index contributed by atoms with van der Waals surface area (Å²) in [5.74, 6) is 0. The Labute approximate surface area is 123 Å². The minimum Gasteiger partial charge on any atom is -0.385 e. The highest BCUT2D eigenvalue weighted by Gasteiger charge is 2.44. The average molecular weight is 298 g/mol. The molecule has 3 rings (SSSR count). The molecule has 0 aromatic heterocycles. The van der Waals surface area contributed by atoms with Gasteiger partial charge in [-0.1, -0.05) is 25.0 Å². The van der Waals surface area contributed by atoms with Crippen LogP contribution >= 0.6 is 0 Å². The van der Waals surface area contributed by atoms with Crippen molar-refractivity contribution in [2.45, 2.75) is 63.1 Å². The van der Waals surface area contributed by atoms with Gasteiger partial charge >= 0.3 is 6.18 Å². The van der Waals surface area contributed by atoms with E-state index in [4.69, 9.17) is 0 Å². The van der Waals surface area contributed by atoms with Crippen LogP contribution in [0.2, 0.25) is 0 Å². The monoisotopic (exact) mass is 298 g/mol. The van der Waals surface area contributed by atoms with Gasteiger partial charge in [-0.25, -0.2) is 0 Å². The number of aliphatic hydroxyl groups is 1. The lowest BCUT2D eigenvalue weighted by molar-refractivity contribution is -0.137. The van der Waals surface area contributed by atoms with E-state index in [9.17, 15) is 18.3 Å². The van der Waals surface area contributed by atoms with Gasteiger partial charge in [0.05, 0.1) is 11.2 Å². The van der Waals surface area contributed by atoms with Crippen molar-refractivity contribution in [3.63, 3.8) is 0 Å². The summed E-state index contributed by atoms with van der Waals surface area (Å²) in [6, 6.07) is 5.21. The number of rotatable bonds is 1. The van der Waals surface area contributed by atoms with Crippen molar-refractivity contribution in [1.29, 1.82) is 0 Å². The first-order valence-electron chi connectivity index (χ1n) is 7.73. The normalized spacial score (nSPS) is 24.4. The largest absolute Gasteiger partial charge is 0.416 e. The molecule has 0 unspecified atom stereocenters. The quantitative estimate of drug-likeness (QED) is 0.771. The van der Waals surface area contributed by atoms with Gasteiger partial charge in [0.1, 0.15) is 0 Å². The van der Waals surface area contributed by atoms with Crippen LogP contribution in [0, 0.1) is 5.41 Å². The van der Waals surface area contributed by atoms with E-state index in [-0.39, 0.29) is 0 Å². The molecule has 116 valence electrons. The van der Waals surface area contributed by atoms with Crippen molar-refractivity contribution in [1.82, 2.24) is 0 Å². The molecule has 1 aromatic rings. The third kappa shape index (κ3) is 2.83. The second kappa shape index (κ2) is 5.01. The SMILES string of the molecule is OC1(c2cccc(C(F)(F)F)c2)CCC2(CCCC2)CC1. The summed E-state index contributed by atoms with van der Waals surface area (Å²) in [5, 5.41) is 10.8. The highest BCUT2D eigenvalue weighted by Crippen LogP contribution is 2.53. The topological polar surface area (TPSA) is 20.2 Å². The summed E-state index contributed by atoms with van der Waals surface area (Å²) in [7, 11) is 0. The van der Waals surface area contributed by atoms with Crippen molar-refractivity contribution in [2.75, 3.05) is 0 Å². The zero-order valence-electron chi connectivity index (χ0n) is 12.0. The maximum atomic E-state index is 12.8. The summed E-state index contributed by atoms with van der Waals surface area (Å²) in [5.41, 5.74) is -0.983. The van der Waals surface area contributed by atoms with Crippen molar-refractivity contribution >= 4 is 0 Å². The predicted octanol–water partition coefficient (Wildman–Crippen LogP) is 5.03. The molecule has 2 saturated carbocycles. The van der Waals surface area contributed by atoms with Crippen LogP contribution in [-0.4, -0.2) is 5.11 Å². The van der Waals surface area contributed by atoms with Gasteiger partial charge < -0.3 is 5.11 Å². The Kier molecular flexibility index (Phi) is 3.55. The first-order valence-corrected chi connectivity index (χ1v) is 7.73. The molecule has 2 aliphatic carbocycles. The van der Waals surface area contributed by atoms with Crippen LogP contribution in [0.5, 0.6) is 0 Å². The third-order valence-corrected chi connectivity index (χ3v) is 5.53. The number of hydrogen-bond acceptors (Lipinski definition) is 1. The molecule has 1 N–H and O–H groups in total. The zero-order valence-corrected chi connectivity index (χ0v) is 12.0. The molecule has 0 heterocycles. The summed E-state index contributed by atoms with van der Waals surface area (Å²) < 4.78 is 38.5. The lowest BCUT2D eigenvalue weighted by Gasteiger charge is -2.42. The number of alkyl halides is 3. The van der Waals surface area contributed by atoms with Crippen molar-refractivity contribution in [3.05, 3.63) is 35.4 Å². The molecule has 0 amide bonds. The molecule has 1 aromatic carbocycles. The first kappa shape index (κ1) is 14.9. The Hall–Kier alpha value is -1.03. The number of benzene rings is 1. The van der Waals surface area contributed by atoms with Crippen LogP contribution in [0.1, 0.15) is 62.5 Å². The fraction of sp³-hybridized carbons (Fsp3) is 0.647. The van der Waals surface area contributed by atoms with Gasteiger partial charge in [-0.15, -0.1) is 0 Å². The van der Waals surface area contributed by atoms with Crippen LogP contribution < -0.4 is 0 Å². The third-order valence-electron chi connectivity index (χ3n) is 5.53. The van der Waals surface area contributed by atoms with E-state index in [1.54, 1.807) is 6.07 Å². The number of halogens is 3. The van der Waals surface area contributed by atoms with Gasteiger partial charge in [-0.3, -0.25) is 0 Å². The maximum Gasteiger partial charge on any atom is 0.416 e. The predicted molar refractivity (Wildman–Crippen MR) is 74.7 cm³/mol. The van der Waals surface area contributed by atoms with E-state index in [1.165, 1.54) is 31.7 Å². The molecule has 0 radical (unpaired) electrons. The second-order valence-electron chi connectivity index (χ2n) is 6.82. The van der Waals surface area contributed by atoms with E-state index >= 15 is 0 Å². The smallest absolute Gasteiger partial charge is 0.385 e. The fourth-order valence-electron chi connectivity index (χ4n) is 4.09. The lowest BCUT2D eigenvalue weighted by atomic mass is 9.66. The molecule has 2 aliphatic rings. The standard InChI is InChI=1S/C17H21F3O/c18-17(19,20)14-5-3-4-13(12-14)16(21)10-8-15(9-11-16)6-1-2-7-15/h3-5,12,21H,1-2,6-11H2. The fourth-order valence-corrected chi connectivity index (χ4v) is 4.09. The van der Waals surface area contributed by atoms with E-state index in [1.807, 2.05) is 0 Å². The highest BCUT2D eigenvalue weighted by molar-refractivity contribution is 5.30. The molecular formula is C17H21F3O. The molecule has 0 bridgehead atoms. The maximum absolute atomic E-state index is 12.8. The van der Waals surface area contributed by atoms with Crippen LogP contribution in [-0.2, 0) is 11.8 Å². The average Bonchev–Trinajstić information content (AvgIpc) is 2.91. The molecule has 21 heavy (non-hydrogen) atoms. The van der Waals surface area contributed by atoms with Crippen molar-refractivity contribution < 1.29 is 18.3 Å². The van der Waals surface area contributed by atoms with Crippen LogP contribution in [0.3, 0.4) is 0 Å². The molecule has 0 saturated heterocycles.